The summed E-state index contributed by atoms with van der Waals surface area (Å²) in [6, 6.07) is -0.256. The van der Waals surface area contributed by atoms with Crippen LogP contribution < -0.4 is 5.32 Å². The minimum Gasteiger partial charge on any atom is -0.353 e. The monoisotopic (exact) mass is 278 g/mol. The van der Waals surface area contributed by atoms with Crippen LogP contribution in [0.4, 0.5) is 0 Å². The summed E-state index contributed by atoms with van der Waals surface area (Å²) in [5.41, 5.74) is 0. The predicted molar refractivity (Wildman–Crippen MR) is 75.0 cm³/mol. The molecule has 0 aliphatic carbocycles. The van der Waals surface area contributed by atoms with Gasteiger partial charge in [-0.3, -0.25) is 9.59 Å². The van der Waals surface area contributed by atoms with Crippen LogP contribution in [0, 0.1) is 0 Å². The van der Waals surface area contributed by atoms with Crippen LogP contribution >= 0.6 is 0 Å². The van der Waals surface area contributed by atoms with Crippen LogP contribution in [0.25, 0.3) is 0 Å². The van der Waals surface area contributed by atoms with Crippen molar-refractivity contribution < 1.29 is 9.59 Å². The molecule has 1 aliphatic rings. The highest BCUT2D eigenvalue weighted by atomic mass is 16.2. The summed E-state index contributed by atoms with van der Waals surface area (Å²) < 4.78 is 1.98. The Morgan fingerprint density at radius 3 is 3.05 bits per heavy atom. The van der Waals surface area contributed by atoms with Crippen molar-refractivity contribution in [2.24, 2.45) is 0 Å². The molecule has 2 amide bonds. The van der Waals surface area contributed by atoms with E-state index in [1.54, 1.807) is 24.3 Å². The van der Waals surface area contributed by atoms with Gasteiger partial charge in [0.25, 0.3) is 0 Å². The van der Waals surface area contributed by atoms with Crippen LogP contribution in [0.2, 0.25) is 0 Å². The van der Waals surface area contributed by atoms with E-state index in [0.717, 1.165) is 12.8 Å². The summed E-state index contributed by atoms with van der Waals surface area (Å²) in [5, 5.41) is 2.77. The molecule has 6 nitrogen and oxygen atoms in total. The SMILES string of the molecule is CCCC(CC(=O)N1CCNC(=O)C1C)n1ccnc1. The molecular weight excluding hydrogens is 256 g/mol. The third kappa shape index (κ3) is 3.18. The zero-order valence-electron chi connectivity index (χ0n) is 12.1. The van der Waals surface area contributed by atoms with E-state index >= 15 is 0 Å². The lowest BCUT2D eigenvalue weighted by Gasteiger charge is -2.34. The highest BCUT2D eigenvalue weighted by Gasteiger charge is 2.30. The van der Waals surface area contributed by atoms with Gasteiger partial charge in [-0.1, -0.05) is 13.3 Å². The lowest BCUT2D eigenvalue weighted by Crippen LogP contribution is -2.56. The number of nitrogens with one attached hydrogen (secondary N) is 1. The molecule has 0 saturated carbocycles. The number of rotatable bonds is 5. The van der Waals surface area contributed by atoms with E-state index in [1.165, 1.54) is 0 Å². The van der Waals surface area contributed by atoms with E-state index in [0.29, 0.717) is 19.5 Å². The number of piperazine rings is 1. The quantitative estimate of drug-likeness (QED) is 0.872. The molecule has 0 aromatic carbocycles. The molecule has 1 fully saturated rings. The lowest BCUT2D eigenvalue weighted by atomic mass is 10.1. The summed E-state index contributed by atoms with van der Waals surface area (Å²) >= 11 is 0. The van der Waals surface area contributed by atoms with Crippen LogP contribution in [-0.2, 0) is 9.59 Å². The zero-order valence-corrected chi connectivity index (χ0v) is 12.1. The molecule has 1 aromatic heterocycles. The summed E-state index contributed by atoms with van der Waals surface area (Å²) in [6.45, 7) is 5.01. The van der Waals surface area contributed by atoms with E-state index in [2.05, 4.69) is 17.2 Å². The number of amides is 2. The van der Waals surface area contributed by atoms with Crippen molar-refractivity contribution in [1.29, 1.82) is 0 Å². The third-order valence-electron chi connectivity index (χ3n) is 3.80. The first-order valence-electron chi connectivity index (χ1n) is 7.18. The summed E-state index contributed by atoms with van der Waals surface area (Å²) in [7, 11) is 0. The normalized spacial score (nSPS) is 20.6. The van der Waals surface area contributed by atoms with Crippen LogP contribution in [0.5, 0.6) is 0 Å². The lowest BCUT2D eigenvalue weighted by molar-refractivity contribution is -0.143. The van der Waals surface area contributed by atoms with Gasteiger partial charge in [0.15, 0.2) is 0 Å². The van der Waals surface area contributed by atoms with Crippen molar-refractivity contribution in [3.05, 3.63) is 18.7 Å². The number of hydrogen-bond acceptors (Lipinski definition) is 3. The van der Waals surface area contributed by atoms with Crippen molar-refractivity contribution in [2.45, 2.75) is 45.2 Å². The molecule has 2 unspecified atom stereocenters. The Labute approximate surface area is 119 Å². The Kier molecular flexibility index (Phi) is 4.76. The third-order valence-corrected chi connectivity index (χ3v) is 3.80. The van der Waals surface area contributed by atoms with E-state index in [4.69, 9.17) is 0 Å². The maximum Gasteiger partial charge on any atom is 0.242 e. The Balaban J connectivity index is 2.02. The maximum atomic E-state index is 12.4. The van der Waals surface area contributed by atoms with Gasteiger partial charge in [0.1, 0.15) is 6.04 Å². The fraction of sp³-hybridized carbons (Fsp3) is 0.643. The highest BCUT2D eigenvalue weighted by Crippen LogP contribution is 2.20. The van der Waals surface area contributed by atoms with Gasteiger partial charge >= 0.3 is 0 Å². The van der Waals surface area contributed by atoms with Crippen molar-refractivity contribution in [2.75, 3.05) is 13.1 Å². The Hall–Kier alpha value is -1.85. The second-order valence-electron chi connectivity index (χ2n) is 5.21. The molecule has 0 spiro atoms. The topological polar surface area (TPSA) is 67.2 Å². The number of imidazole rings is 1. The first-order valence-corrected chi connectivity index (χ1v) is 7.18. The standard InChI is InChI=1S/C14H22N4O2/c1-3-4-12(17-7-5-15-10-17)9-13(19)18-8-6-16-14(20)11(18)2/h5,7,10-12H,3-4,6,8-9H2,1-2H3,(H,16,20). The number of hydrogen-bond donors (Lipinski definition) is 1. The van der Waals surface area contributed by atoms with Crippen LogP contribution in [-0.4, -0.2) is 45.4 Å². The molecule has 1 aromatic rings. The minimum absolute atomic E-state index is 0.0412. The van der Waals surface area contributed by atoms with Gasteiger partial charge in [-0.15, -0.1) is 0 Å². The van der Waals surface area contributed by atoms with Gasteiger partial charge in [-0.25, -0.2) is 4.98 Å². The average Bonchev–Trinajstić information content (AvgIpc) is 2.95. The highest BCUT2D eigenvalue weighted by molar-refractivity contribution is 5.88. The summed E-state index contributed by atoms with van der Waals surface area (Å²) in [4.78, 5) is 29.8. The second kappa shape index (κ2) is 6.54. The molecule has 20 heavy (non-hydrogen) atoms. The van der Waals surface area contributed by atoms with Gasteiger partial charge in [0, 0.05) is 37.9 Å². The Bertz CT molecular complexity index is 458. The largest absolute Gasteiger partial charge is 0.353 e. The fourth-order valence-corrected chi connectivity index (χ4v) is 2.62. The Morgan fingerprint density at radius 2 is 2.40 bits per heavy atom. The number of nitrogens with zero attached hydrogens (tertiary/aromatic N) is 3. The van der Waals surface area contributed by atoms with Crippen molar-refractivity contribution >= 4 is 11.8 Å². The van der Waals surface area contributed by atoms with E-state index < -0.39 is 0 Å². The molecule has 1 N–H and O–H groups in total. The molecule has 110 valence electrons. The molecule has 1 aliphatic heterocycles. The van der Waals surface area contributed by atoms with E-state index in [9.17, 15) is 9.59 Å². The average molecular weight is 278 g/mol. The van der Waals surface area contributed by atoms with Crippen LogP contribution in [0.3, 0.4) is 0 Å². The molecule has 6 heteroatoms. The fourth-order valence-electron chi connectivity index (χ4n) is 2.62. The van der Waals surface area contributed by atoms with Gasteiger partial charge in [-0.2, -0.15) is 0 Å². The van der Waals surface area contributed by atoms with Crippen molar-refractivity contribution in [1.82, 2.24) is 19.8 Å². The maximum absolute atomic E-state index is 12.4. The van der Waals surface area contributed by atoms with Gasteiger partial charge < -0.3 is 14.8 Å². The van der Waals surface area contributed by atoms with Crippen LogP contribution in [0.15, 0.2) is 18.7 Å². The van der Waals surface area contributed by atoms with E-state index in [-0.39, 0.29) is 23.9 Å². The van der Waals surface area contributed by atoms with Crippen LogP contribution in [0.1, 0.15) is 39.2 Å². The molecule has 0 radical (unpaired) electrons. The van der Waals surface area contributed by atoms with Crippen molar-refractivity contribution in [3.63, 3.8) is 0 Å². The molecule has 2 heterocycles. The minimum atomic E-state index is -0.374. The molecule has 2 atom stereocenters. The van der Waals surface area contributed by atoms with Gasteiger partial charge in [0.05, 0.1) is 6.33 Å². The zero-order chi connectivity index (χ0) is 14.5. The summed E-state index contributed by atoms with van der Waals surface area (Å²) in [5.74, 6) is -0.0289. The van der Waals surface area contributed by atoms with Gasteiger partial charge in [-0.05, 0) is 13.3 Å². The number of carbonyl (C=O) groups excluding carboxylic acids is 2. The molecule has 1 saturated heterocycles. The number of carbonyl (C=O) groups is 2. The molecular formula is C14H22N4O2. The smallest absolute Gasteiger partial charge is 0.242 e. The molecule has 0 bridgehead atoms. The first-order chi connectivity index (χ1) is 9.63. The molecule has 2 rings (SSSR count). The first kappa shape index (κ1) is 14.6. The van der Waals surface area contributed by atoms with Gasteiger partial charge in [0.2, 0.25) is 11.8 Å². The van der Waals surface area contributed by atoms with Crippen molar-refractivity contribution in [3.8, 4) is 0 Å². The second-order valence-corrected chi connectivity index (χ2v) is 5.21. The number of aromatic nitrogens is 2. The van der Waals surface area contributed by atoms with E-state index in [1.807, 2.05) is 10.8 Å². The summed E-state index contributed by atoms with van der Waals surface area (Å²) in [6.07, 6.45) is 7.72. The Morgan fingerprint density at radius 1 is 1.60 bits per heavy atom. The predicted octanol–water partition coefficient (Wildman–Crippen LogP) is 0.961.